The Labute approximate surface area is 127 Å². The van der Waals surface area contributed by atoms with Gasteiger partial charge in [-0.3, -0.25) is 0 Å². The van der Waals surface area contributed by atoms with Crippen LogP contribution in [0.2, 0.25) is 0 Å². The van der Waals surface area contributed by atoms with Crippen molar-refractivity contribution in [2.75, 3.05) is 6.54 Å². The minimum Gasteiger partial charge on any atom is -0.424 e. The van der Waals surface area contributed by atoms with Crippen molar-refractivity contribution in [3.8, 4) is 0 Å². The van der Waals surface area contributed by atoms with Crippen molar-refractivity contribution in [3.05, 3.63) is 47.2 Å². The maximum atomic E-state index is 5.80. The van der Waals surface area contributed by atoms with Gasteiger partial charge in [0.05, 0.1) is 6.04 Å². The molecule has 0 radical (unpaired) electrons. The van der Waals surface area contributed by atoms with Crippen LogP contribution in [0.25, 0.3) is 0 Å². The fourth-order valence-electron chi connectivity index (χ4n) is 2.35. The average molecular weight is 287 g/mol. The van der Waals surface area contributed by atoms with Crippen LogP contribution in [0.3, 0.4) is 0 Å². The molecule has 0 saturated carbocycles. The number of hydrogen-bond acceptors (Lipinski definition) is 4. The standard InChI is InChI=1S/C17H25N3O/c1-4-11-18-15(5-2)17-20-19-16(21-17)10-9-14-8-6-7-13(3)12-14/h6-8,12,15,18H,4-5,9-11H2,1-3H3. The molecule has 0 aliphatic carbocycles. The van der Waals surface area contributed by atoms with Crippen molar-refractivity contribution in [3.63, 3.8) is 0 Å². The highest BCUT2D eigenvalue weighted by Gasteiger charge is 2.15. The molecular formula is C17H25N3O. The molecular weight excluding hydrogens is 262 g/mol. The molecule has 1 unspecified atom stereocenters. The Bertz CT molecular complexity index is 550. The monoisotopic (exact) mass is 287 g/mol. The predicted octanol–water partition coefficient (Wildman–Crippen LogP) is 3.61. The summed E-state index contributed by atoms with van der Waals surface area (Å²) in [5.74, 6) is 1.44. The molecule has 0 aliphatic heterocycles. The Morgan fingerprint density at radius 2 is 2.05 bits per heavy atom. The summed E-state index contributed by atoms with van der Waals surface area (Å²) >= 11 is 0. The zero-order chi connectivity index (χ0) is 15.1. The third-order valence-electron chi connectivity index (χ3n) is 3.54. The van der Waals surface area contributed by atoms with E-state index in [0.717, 1.165) is 38.1 Å². The molecule has 1 aromatic heterocycles. The molecule has 0 aliphatic rings. The van der Waals surface area contributed by atoms with Gasteiger partial charge in [-0.1, -0.05) is 43.7 Å². The van der Waals surface area contributed by atoms with Crippen LogP contribution in [-0.2, 0) is 12.8 Å². The second-order valence-electron chi connectivity index (χ2n) is 5.44. The number of benzene rings is 1. The van der Waals surface area contributed by atoms with E-state index in [1.165, 1.54) is 11.1 Å². The van der Waals surface area contributed by atoms with E-state index in [4.69, 9.17) is 4.42 Å². The molecule has 0 saturated heterocycles. The highest BCUT2D eigenvalue weighted by Crippen LogP contribution is 2.16. The second-order valence-corrected chi connectivity index (χ2v) is 5.44. The van der Waals surface area contributed by atoms with Crippen molar-refractivity contribution < 1.29 is 4.42 Å². The molecule has 2 rings (SSSR count). The van der Waals surface area contributed by atoms with Crippen LogP contribution in [0.15, 0.2) is 28.7 Å². The Hall–Kier alpha value is -1.68. The van der Waals surface area contributed by atoms with Crippen LogP contribution >= 0.6 is 0 Å². The van der Waals surface area contributed by atoms with E-state index in [1.54, 1.807) is 0 Å². The highest BCUT2D eigenvalue weighted by molar-refractivity contribution is 5.22. The molecule has 1 N–H and O–H groups in total. The average Bonchev–Trinajstić information content (AvgIpc) is 2.95. The summed E-state index contributed by atoms with van der Waals surface area (Å²) in [5, 5.41) is 11.8. The van der Waals surface area contributed by atoms with E-state index in [0.29, 0.717) is 5.89 Å². The molecule has 1 atom stereocenters. The lowest BCUT2D eigenvalue weighted by Crippen LogP contribution is -2.21. The SMILES string of the molecule is CCCNC(CC)c1nnc(CCc2cccc(C)c2)o1. The van der Waals surface area contributed by atoms with Crippen LogP contribution in [0, 0.1) is 6.92 Å². The van der Waals surface area contributed by atoms with Crippen molar-refractivity contribution in [2.24, 2.45) is 0 Å². The van der Waals surface area contributed by atoms with Crippen molar-refractivity contribution >= 4 is 0 Å². The Balaban J connectivity index is 1.93. The van der Waals surface area contributed by atoms with Gasteiger partial charge in [-0.2, -0.15) is 0 Å². The molecule has 114 valence electrons. The number of aryl methyl sites for hydroxylation is 3. The molecule has 4 nitrogen and oxygen atoms in total. The summed E-state index contributed by atoms with van der Waals surface area (Å²) in [5.41, 5.74) is 2.60. The normalized spacial score (nSPS) is 12.5. The van der Waals surface area contributed by atoms with Crippen LogP contribution in [0.5, 0.6) is 0 Å². The van der Waals surface area contributed by atoms with Gasteiger partial charge in [0.1, 0.15) is 0 Å². The van der Waals surface area contributed by atoms with Crippen LogP contribution in [-0.4, -0.2) is 16.7 Å². The number of nitrogens with zero attached hydrogens (tertiary/aromatic N) is 2. The first-order chi connectivity index (χ1) is 10.2. The third kappa shape index (κ3) is 4.67. The number of rotatable bonds is 8. The zero-order valence-electron chi connectivity index (χ0n) is 13.2. The first-order valence-electron chi connectivity index (χ1n) is 7.84. The third-order valence-corrected chi connectivity index (χ3v) is 3.54. The van der Waals surface area contributed by atoms with Gasteiger partial charge in [-0.15, -0.1) is 10.2 Å². The van der Waals surface area contributed by atoms with Crippen molar-refractivity contribution in [1.29, 1.82) is 0 Å². The molecule has 0 spiro atoms. The largest absolute Gasteiger partial charge is 0.424 e. The highest BCUT2D eigenvalue weighted by atomic mass is 16.4. The topological polar surface area (TPSA) is 51.0 Å². The van der Waals surface area contributed by atoms with E-state index in [-0.39, 0.29) is 6.04 Å². The van der Waals surface area contributed by atoms with Crippen molar-refractivity contribution in [2.45, 2.75) is 52.5 Å². The van der Waals surface area contributed by atoms with Gasteiger partial charge in [0, 0.05) is 6.42 Å². The van der Waals surface area contributed by atoms with Crippen LogP contribution < -0.4 is 5.32 Å². The van der Waals surface area contributed by atoms with E-state index >= 15 is 0 Å². The van der Waals surface area contributed by atoms with Gasteiger partial charge in [0.25, 0.3) is 0 Å². The second kappa shape index (κ2) is 7.93. The number of aromatic nitrogens is 2. The van der Waals surface area contributed by atoms with E-state index in [9.17, 15) is 0 Å². The number of nitrogens with one attached hydrogen (secondary N) is 1. The van der Waals surface area contributed by atoms with E-state index in [1.807, 2.05) is 0 Å². The Morgan fingerprint density at radius 1 is 1.19 bits per heavy atom. The maximum Gasteiger partial charge on any atom is 0.233 e. The summed E-state index contributed by atoms with van der Waals surface area (Å²) in [7, 11) is 0. The molecule has 21 heavy (non-hydrogen) atoms. The smallest absolute Gasteiger partial charge is 0.233 e. The fourth-order valence-corrected chi connectivity index (χ4v) is 2.35. The summed E-state index contributed by atoms with van der Waals surface area (Å²) in [6, 6.07) is 8.72. The van der Waals surface area contributed by atoms with E-state index in [2.05, 4.69) is 60.6 Å². The summed E-state index contributed by atoms with van der Waals surface area (Å²) in [6.45, 7) is 7.36. The van der Waals surface area contributed by atoms with Gasteiger partial charge >= 0.3 is 0 Å². The lowest BCUT2D eigenvalue weighted by Gasteiger charge is -2.11. The first kappa shape index (κ1) is 15.7. The van der Waals surface area contributed by atoms with Gasteiger partial charge in [0.15, 0.2) is 0 Å². The van der Waals surface area contributed by atoms with Crippen molar-refractivity contribution in [1.82, 2.24) is 15.5 Å². The minimum atomic E-state index is 0.171. The fraction of sp³-hybridized carbons (Fsp3) is 0.529. The molecule has 2 aromatic rings. The lowest BCUT2D eigenvalue weighted by atomic mass is 10.1. The maximum absolute atomic E-state index is 5.80. The Kier molecular flexibility index (Phi) is 5.93. The van der Waals surface area contributed by atoms with Crippen LogP contribution in [0.4, 0.5) is 0 Å². The molecule has 1 heterocycles. The molecule has 0 amide bonds. The summed E-state index contributed by atoms with van der Waals surface area (Å²) in [6.07, 6.45) is 3.79. The van der Waals surface area contributed by atoms with Gasteiger partial charge < -0.3 is 9.73 Å². The Morgan fingerprint density at radius 3 is 2.76 bits per heavy atom. The molecule has 0 bridgehead atoms. The minimum absolute atomic E-state index is 0.171. The molecule has 4 heteroatoms. The summed E-state index contributed by atoms with van der Waals surface area (Å²) in [4.78, 5) is 0. The molecule has 0 fully saturated rings. The lowest BCUT2D eigenvalue weighted by molar-refractivity contribution is 0.372. The first-order valence-corrected chi connectivity index (χ1v) is 7.84. The van der Waals surface area contributed by atoms with Gasteiger partial charge in [-0.25, -0.2) is 0 Å². The van der Waals surface area contributed by atoms with E-state index < -0.39 is 0 Å². The molecule has 1 aromatic carbocycles. The summed E-state index contributed by atoms with van der Waals surface area (Å²) < 4.78 is 5.80. The number of hydrogen-bond donors (Lipinski definition) is 1. The quantitative estimate of drug-likeness (QED) is 0.805. The predicted molar refractivity (Wildman–Crippen MR) is 84.2 cm³/mol. The van der Waals surface area contributed by atoms with Gasteiger partial charge in [-0.05, 0) is 38.3 Å². The van der Waals surface area contributed by atoms with Crippen LogP contribution in [0.1, 0.15) is 55.6 Å². The van der Waals surface area contributed by atoms with Gasteiger partial charge in [0.2, 0.25) is 11.8 Å². The zero-order valence-corrected chi connectivity index (χ0v) is 13.2.